The average Bonchev–Trinajstić information content (AvgIpc) is 2.76. The van der Waals surface area contributed by atoms with Crippen molar-refractivity contribution in [1.29, 1.82) is 0 Å². The van der Waals surface area contributed by atoms with E-state index in [9.17, 15) is 0 Å². The monoisotopic (exact) mass is 347 g/mol. The van der Waals surface area contributed by atoms with Crippen LogP contribution in [-0.4, -0.2) is 34.6 Å². The van der Waals surface area contributed by atoms with Crippen molar-refractivity contribution in [1.82, 2.24) is 4.90 Å². The van der Waals surface area contributed by atoms with Crippen LogP contribution in [0.4, 0.5) is 0 Å². The van der Waals surface area contributed by atoms with Gasteiger partial charge in [0.2, 0.25) is 0 Å². The van der Waals surface area contributed by atoms with Gasteiger partial charge in [-0.2, -0.15) is 0 Å². The number of halogens is 1. The molecule has 0 bridgehead atoms. The van der Waals surface area contributed by atoms with Crippen LogP contribution in [0.1, 0.15) is 32.6 Å². The van der Waals surface area contributed by atoms with Crippen molar-refractivity contribution in [2.45, 2.75) is 38.6 Å². The predicted octanol–water partition coefficient (Wildman–Crippen LogP) is 3.45. The number of nitrogens with zero attached hydrogens (tertiary/aromatic N) is 1. The van der Waals surface area contributed by atoms with E-state index in [2.05, 4.69) is 32.1 Å². The summed E-state index contributed by atoms with van der Waals surface area (Å²) in [5.41, 5.74) is 0. The first-order valence-electron chi connectivity index (χ1n) is 6.55. The quantitative estimate of drug-likeness (QED) is 0.539. The molecule has 0 unspecified atom stereocenters. The minimum absolute atomic E-state index is 0.184. The molecule has 0 saturated carbocycles. The van der Waals surface area contributed by atoms with Crippen LogP contribution in [0.25, 0.3) is 0 Å². The average molecular weight is 347 g/mol. The van der Waals surface area contributed by atoms with Crippen molar-refractivity contribution in [3.63, 3.8) is 0 Å². The third-order valence-electron chi connectivity index (χ3n) is 3.40. The van der Waals surface area contributed by atoms with Gasteiger partial charge in [-0.05, 0) is 65.9 Å². The number of hydrogen-bond donors (Lipinski definition) is 0. The molecule has 1 saturated heterocycles. The first-order chi connectivity index (χ1) is 8.36. The number of rotatable bonds is 6. The number of unbranched alkanes of at least 4 members (excludes halogenated alkanes) is 1. The molecule has 17 heavy (non-hydrogen) atoms. The molecule has 0 radical (unpaired) electrons. The number of likely N-dealkylation sites (tertiary alicyclic amines) is 1. The van der Waals surface area contributed by atoms with Gasteiger partial charge in [0.05, 0.1) is 6.61 Å². The maximum atomic E-state index is 5.72. The fourth-order valence-electron chi connectivity index (χ4n) is 2.32. The molecule has 2 nitrogen and oxygen atoms in total. The van der Waals surface area contributed by atoms with Crippen LogP contribution in [0.15, 0.2) is 22.0 Å². The van der Waals surface area contributed by atoms with Gasteiger partial charge in [-0.1, -0.05) is 20.7 Å². The van der Waals surface area contributed by atoms with E-state index in [-0.39, 0.29) is 20.7 Å². The van der Waals surface area contributed by atoms with Crippen molar-refractivity contribution < 1.29 is 4.74 Å². The van der Waals surface area contributed by atoms with Crippen LogP contribution in [0.3, 0.4) is 0 Å². The predicted molar refractivity (Wildman–Crippen MR) is 82.8 cm³/mol. The smallest absolute Gasteiger partial charge is 0.120 e. The molecule has 2 aliphatic heterocycles. The summed E-state index contributed by atoms with van der Waals surface area (Å²) in [7, 11) is 0. The van der Waals surface area contributed by atoms with Crippen molar-refractivity contribution in [3.8, 4) is 0 Å². The molecule has 0 N–H and O–H groups in total. The highest BCUT2D eigenvalue weighted by Gasteiger charge is 2.18. The van der Waals surface area contributed by atoms with E-state index in [1.807, 2.05) is 0 Å². The van der Waals surface area contributed by atoms with Crippen molar-refractivity contribution in [2.75, 3.05) is 19.7 Å². The SMILES string of the molecule is C[C@@H]1CCCN1CCCCOC1=CC=IC=C1. The Morgan fingerprint density at radius 1 is 1.47 bits per heavy atom. The lowest BCUT2D eigenvalue weighted by Gasteiger charge is -2.20. The Labute approximate surface area is 114 Å². The zero-order valence-corrected chi connectivity index (χ0v) is 12.7. The fourth-order valence-corrected chi connectivity index (χ4v) is 3.69. The van der Waals surface area contributed by atoms with E-state index < -0.39 is 0 Å². The molecule has 0 aromatic heterocycles. The fraction of sp³-hybridized carbons (Fsp3) is 0.643. The second-order valence-corrected chi connectivity index (χ2v) is 6.85. The summed E-state index contributed by atoms with van der Waals surface area (Å²) < 4.78 is 10.2. The molecule has 2 heterocycles. The van der Waals surface area contributed by atoms with E-state index in [1.165, 1.54) is 38.8 Å². The van der Waals surface area contributed by atoms with E-state index in [0.717, 1.165) is 18.4 Å². The summed E-state index contributed by atoms with van der Waals surface area (Å²) in [6.07, 6.45) is 9.44. The van der Waals surface area contributed by atoms with Gasteiger partial charge in [-0.25, -0.2) is 0 Å². The molecule has 96 valence electrons. The molecular weight excluding hydrogens is 325 g/mol. The molecule has 2 aliphatic rings. The van der Waals surface area contributed by atoms with Gasteiger partial charge in [-0.3, -0.25) is 0 Å². The van der Waals surface area contributed by atoms with Gasteiger partial charge in [0.25, 0.3) is 0 Å². The zero-order valence-electron chi connectivity index (χ0n) is 10.6. The van der Waals surface area contributed by atoms with Gasteiger partial charge in [0.15, 0.2) is 0 Å². The van der Waals surface area contributed by atoms with Gasteiger partial charge in [0.1, 0.15) is 5.76 Å². The summed E-state index contributed by atoms with van der Waals surface area (Å²) in [4.78, 5) is 2.61. The lowest BCUT2D eigenvalue weighted by molar-refractivity contribution is 0.203. The summed E-state index contributed by atoms with van der Waals surface area (Å²) in [5, 5.41) is 0. The summed E-state index contributed by atoms with van der Waals surface area (Å²) >= 11 is 0.184. The van der Waals surface area contributed by atoms with E-state index in [0.29, 0.717) is 0 Å². The Morgan fingerprint density at radius 3 is 3.12 bits per heavy atom. The minimum atomic E-state index is 0.184. The van der Waals surface area contributed by atoms with E-state index >= 15 is 0 Å². The molecular formula is C14H22INO. The van der Waals surface area contributed by atoms with Gasteiger partial charge >= 0.3 is 0 Å². The molecule has 0 spiro atoms. The molecule has 1 atom stereocenters. The highest BCUT2D eigenvalue weighted by atomic mass is 127. The van der Waals surface area contributed by atoms with Crippen molar-refractivity contribution in [2.24, 2.45) is 0 Å². The largest absolute Gasteiger partial charge is 0.494 e. The number of ether oxygens (including phenoxy) is 1. The standard InChI is InChI=1S/C14H22INO/c1-13-5-4-11-16(13)10-2-3-12-17-14-6-8-15-9-7-14/h6-9,13H,2-5,10-12H2,1H3/t13-/m1/s1. The van der Waals surface area contributed by atoms with E-state index in [1.54, 1.807) is 0 Å². The maximum absolute atomic E-state index is 5.72. The summed E-state index contributed by atoms with van der Waals surface area (Å²) in [6.45, 7) is 5.76. The Hall–Kier alpha value is -0.160. The number of allylic oxidation sites excluding steroid dienone is 2. The van der Waals surface area contributed by atoms with Gasteiger partial charge < -0.3 is 9.64 Å². The topological polar surface area (TPSA) is 12.5 Å². The summed E-state index contributed by atoms with van der Waals surface area (Å²) in [5.74, 6) is 1.05. The van der Waals surface area contributed by atoms with Crippen LogP contribution < -0.4 is 0 Å². The third kappa shape index (κ3) is 4.54. The minimum Gasteiger partial charge on any atom is -0.494 e. The second-order valence-electron chi connectivity index (χ2n) is 4.70. The highest BCUT2D eigenvalue weighted by Crippen LogP contribution is 2.17. The number of hydrogen-bond acceptors (Lipinski definition) is 2. The lowest BCUT2D eigenvalue weighted by atomic mass is 10.2. The van der Waals surface area contributed by atoms with Gasteiger partial charge in [0, 0.05) is 6.04 Å². The lowest BCUT2D eigenvalue weighted by Crippen LogP contribution is -2.27. The molecule has 3 heteroatoms. The molecule has 0 aliphatic carbocycles. The van der Waals surface area contributed by atoms with Crippen LogP contribution in [0.5, 0.6) is 0 Å². The Bertz CT molecular complexity index is 322. The Balaban J connectivity index is 1.53. The van der Waals surface area contributed by atoms with Crippen LogP contribution in [0.2, 0.25) is 0 Å². The first kappa shape index (κ1) is 13.3. The molecule has 0 aromatic carbocycles. The second kappa shape index (κ2) is 7.31. The van der Waals surface area contributed by atoms with Gasteiger partial charge in [-0.15, -0.1) is 0 Å². The highest BCUT2D eigenvalue weighted by molar-refractivity contribution is 14.2. The first-order valence-corrected chi connectivity index (χ1v) is 9.04. The Morgan fingerprint density at radius 2 is 2.41 bits per heavy atom. The van der Waals surface area contributed by atoms with Crippen LogP contribution in [0, 0.1) is 0 Å². The molecule has 2 rings (SSSR count). The third-order valence-corrected chi connectivity index (χ3v) is 4.95. The molecule has 0 aromatic rings. The zero-order chi connectivity index (χ0) is 11.9. The normalized spacial score (nSPS) is 24.5. The van der Waals surface area contributed by atoms with Crippen LogP contribution in [-0.2, 0) is 4.74 Å². The maximum Gasteiger partial charge on any atom is 0.120 e. The molecule has 0 amide bonds. The van der Waals surface area contributed by atoms with Crippen molar-refractivity contribution in [3.05, 3.63) is 22.0 Å². The Kier molecular flexibility index (Phi) is 5.71. The summed E-state index contributed by atoms with van der Waals surface area (Å²) in [6, 6.07) is 0.804. The van der Waals surface area contributed by atoms with Crippen LogP contribution >= 0.6 is 20.7 Å². The van der Waals surface area contributed by atoms with Crippen molar-refractivity contribution >= 4 is 24.7 Å². The molecule has 1 fully saturated rings. The van der Waals surface area contributed by atoms with E-state index in [4.69, 9.17) is 4.74 Å².